The number of hydrogen-bond acceptors (Lipinski definition) is 2. The minimum Gasteiger partial charge on any atom is -0.367 e. The van der Waals surface area contributed by atoms with Crippen LogP contribution in [-0.2, 0) is 9.53 Å². The van der Waals surface area contributed by atoms with E-state index in [1.54, 1.807) is 12.1 Å². The lowest BCUT2D eigenvalue weighted by molar-refractivity contribution is -0.197. The Labute approximate surface area is 119 Å². The van der Waals surface area contributed by atoms with Crippen LogP contribution < -0.4 is 0 Å². The van der Waals surface area contributed by atoms with Gasteiger partial charge >= 0.3 is 0 Å². The zero-order valence-electron chi connectivity index (χ0n) is 12.2. The lowest BCUT2D eigenvalue weighted by atomic mass is 9.64. The first kappa shape index (κ1) is 13.7. The fourth-order valence-electron chi connectivity index (χ4n) is 3.68. The number of Topliss-reactive ketones (excluding diaryl/α,β-unsaturated/α-hetero) is 1. The summed E-state index contributed by atoms with van der Waals surface area (Å²) in [5.74, 6) is 0.634. The fraction of sp³-hybridized carbons (Fsp3) is 0.588. The molecule has 2 fully saturated rings. The molecule has 0 amide bonds. The number of ether oxygens (including phenoxy) is 1. The molecule has 1 aliphatic carbocycles. The summed E-state index contributed by atoms with van der Waals surface area (Å²) in [5, 5.41) is 0. The number of carbonyl (C=O) groups excluding carboxylic acids is 1. The third kappa shape index (κ3) is 2.18. The average molecular weight is 276 g/mol. The minimum absolute atomic E-state index is 0.0254. The summed E-state index contributed by atoms with van der Waals surface area (Å²) in [6, 6.07) is 6.49. The number of carbonyl (C=O) groups is 1. The molecule has 1 heterocycles. The minimum atomic E-state index is -0.300. The van der Waals surface area contributed by atoms with Crippen LogP contribution in [0.3, 0.4) is 0 Å². The van der Waals surface area contributed by atoms with Crippen molar-refractivity contribution in [1.29, 1.82) is 0 Å². The molecule has 20 heavy (non-hydrogen) atoms. The van der Waals surface area contributed by atoms with Gasteiger partial charge in [-0.25, -0.2) is 4.39 Å². The van der Waals surface area contributed by atoms with Gasteiger partial charge in [-0.2, -0.15) is 0 Å². The highest BCUT2D eigenvalue weighted by atomic mass is 19.1. The quantitative estimate of drug-likeness (QED) is 0.777. The third-order valence-corrected chi connectivity index (χ3v) is 5.16. The van der Waals surface area contributed by atoms with Gasteiger partial charge in [0.15, 0.2) is 0 Å². The van der Waals surface area contributed by atoms with Crippen molar-refractivity contribution in [3.05, 3.63) is 35.6 Å². The first-order valence-electron chi connectivity index (χ1n) is 7.34. The molecule has 2 aliphatic rings. The van der Waals surface area contributed by atoms with Gasteiger partial charge in [-0.15, -0.1) is 0 Å². The molecular weight excluding hydrogens is 255 g/mol. The topological polar surface area (TPSA) is 26.3 Å². The van der Waals surface area contributed by atoms with Crippen molar-refractivity contribution >= 4 is 5.78 Å². The number of halogens is 1. The predicted molar refractivity (Wildman–Crippen MR) is 74.7 cm³/mol. The van der Waals surface area contributed by atoms with Gasteiger partial charge in [-0.3, -0.25) is 4.79 Å². The second-order valence-electron chi connectivity index (χ2n) is 6.75. The smallest absolute Gasteiger partial charge is 0.136 e. The molecule has 1 aromatic rings. The second-order valence-corrected chi connectivity index (χ2v) is 6.75. The highest BCUT2D eigenvalue weighted by Crippen LogP contribution is 2.51. The monoisotopic (exact) mass is 276 g/mol. The zero-order valence-corrected chi connectivity index (χ0v) is 12.2. The molecule has 0 unspecified atom stereocenters. The molecule has 0 aromatic heterocycles. The van der Waals surface area contributed by atoms with Crippen molar-refractivity contribution in [3.63, 3.8) is 0 Å². The lowest BCUT2D eigenvalue weighted by Crippen LogP contribution is -2.51. The Kier molecular flexibility index (Phi) is 3.20. The highest BCUT2D eigenvalue weighted by Gasteiger charge is 2.50. The molecule has 2 nitrogen and oxygen atoms in total. The highest BCUT2D eigenvalue weighted by molar-refractivity contribution is 5.82. The number of hydrogen-bond donors (Lipinski definition) is 0. The molecular formula is C17H21FO2. The first-order valence-corrected chi connectivity index (χ1v) is 7.34. The maximum absolute atomic E-state index is 13.1. The standard InChI is InChI=1S/C17H21FO2/c1-10-14-8-12(9-15(10)19)17(2,3)20-16(14)11-4-6-13(18)7-5-11/h4-7,10,12,14,16H,8-9H2,1-3H3/t10-,12+,14-,16-/m0/s1. The normalized spacial score (nSPS) is 35.9. The summed E-state index contributed by atoms with van der Waals surface area (Å²) in [5.41, 5.74) is 0.676. The van der Waals surface area contributed by atoms with E-state index >= 15 is 0 Å². The van der Waals surface area contributed by atoms with E-state index in [-0.39, 0.29) is 29.4 Å². The van der Waals surface area contributed by atoms with Crippen LogP contribution in [0, 0.1) is 23.6 Å². The van der Waals surface area contributed by atoms with Gasteiger partial charge in [0.1, 0.15) is 11.6 Å². The average Bonchev–Trinajstić information content (AvgIpc) is 2.39. The van der Waals surface area contributed by atoms with E-state index in [4.69, 9.17) is 4.74 Å². The number of benzene rings is 1. The van der Waals surface area contributed by atoms with Gasteiger partial charge in [-0.1, -0.05) is 19.1 Å². The Morgan fingerprint density at radius 1 is 1.25 bits per heavy atom. The van der Waals surface area contributed by atoms with Gasteiger partial charge in [0.05, 0.1) is 11.7 Å². The van der Waals surface area contributed by atoms with Gasteiger partial charge in [0.25, 0.3) is 0 Å². The lowest BCUT2D eigenvalue weighted by Gasteiger charge is -2.51. The number of rotatable bonds is 1. The van der Waals surface area contributed by atoms with Crippen molar-refractivity contribution in [1.82, 2.24) is 0 Å². The summed E-state index contributed by atoms with van der Waals surface area (Å²) in [6.07, 6.45) is 1.53. The number of ketones is 1. The van der Waals surface area contributed by atoms with Crippen LogP contribution in [0.4, 0.5) is 4.39 Å². The van der Waals surface area contributed by atoms with E-state index in [9.17, 15) is 9.18 Å². The van der Waals surface area contributed by atoms with E-state index in [0.717, 1.165) is 12.0 Å². The fourth-order valence-corrected chi connectivity index (χ4v) is 3.68. The molecule has 2 bridgehead atoms. The molecule has 1 saturated carbocycles. The molecule has 3 rings (SSSR count). The van der Waals surface area contributed by atoms with Crippen molar-refractivity contribution in [2.24, 2.45) is 17.8 Å². The van der Waals surface area contributed by atoms with Crippen LogP contribution in [0.5, 0.6) is 0 Å². The van der Waals surface area contributed by atoms with Crippen LogP contribution in [0.15, 0.2) is 24.3 Å². The third-order valence-electron chi connectivity index (χ3n) is 5.16. The molecule has 0 radical (unpaired) electrons. The molecule has 0 spiro atoms. The first-order chi connectivity index (χ1) is 9.38. The maximum atomic E-state index is 13.1. The van der Waals surface area contributed by atoms with E-state index in [2.05, 4.69) is 13.8 Å². The van der Waals surface area contributed by atoms with E-state index in [1.165, 1.54) is 12.1 Å². The van der Waals surface area contributed by atoms with Crippen LogP contribution in [0.2, 0.25) is 0 Å². The van der Waals surface area contributed by atoms with Gasteiger partial charge in [0.2, 0.25) is 0 Å². The van der Waals surface area contributed by atoms with Gasteiger partial charge < -0.3 is 4.74 Å². The van der Waals surface area contributed by atoms with E-state index in [1.807, 2.05) is 6.92 Å². The molecule has 3 heteroatoms. The predicted octanol–water partition coefficient (Wildman–Crippen LogP) is 3.91. The van der Waals surface area contributed by atoms with Crippen molar-refractivity contribution in [3.8, 4) is 0 Å². The van der Waals surface area contributed by atoms with Crippen molar-refractivity contribution in [2.45, 2.75) is 45.3 Å². The molecule has 108 valence electrons. The summed E-state index contributed by atoms with van der Waals surface area (Å²) < 4.78 is 19.4. The summed E-state index contributed by atoms with van der Waals surface area (Å²) >= 11 is 0. The summed E-state index contributed by atoms with van der Waals surface area (Å²) in [4.78, 5) is 12.2. The Bertz CT molecular complexity index is 520. The Morgan fingerprint density at radius 2 is 1.90 bits per heavy atom. The largest absolute Gasteiger partial charge is 0.367 e. The van der Waals surface area contributed by atoms with E-state index < -0.39 is 0 Å². The van der Waals surface area contributed by atoms with Gasteiger partial charge in [-0.05, 0) is 49.8 Å². The van der Waals surface area contributed by atoms with Gasteiger partial charge in [0, 0.05) is 12.3 Å². The summed E-state index contributed by atoms with van der Waals surface area (Å²) in [6.45, 7) is 6.13. The van der Waals surface area contributed by atoms with Crippen LogP contribution in [0.25, 0.3) is 0 Å². The van der Waals surface area contributed by atoms with Crippen LogP contribution in [0.1, 0.15) is 45.3 Å². The Balaban J connectivity index is 1.97. The van der Waals surface area contributed by atoms with Crippen molar-refractivity contribution < 1.29 is 13.9 Å². The molecule has 1 saturated heterocycles. The molecule has 1 aliphatic heterocycles. The SMILES string of the molecule is C[C@@H]1C(=O)C[C@H]2C[C@@H]1[C@H](c1ccc(F)cc1)OC2(C)C. The Hall–Kier alpha value is -1.22. The molecule has 0 N–H and O–H groups in total. The number of fused-ring (bicyclic) bond motifs is 2. The molecule has 1 aromatic carbocycles. The Morgan fingerprint density at radius 3 is 2.55 bits per heavy atom. The van der Waals surface area contributed by atoms with E-state index in [0.29, 0.717) is 18.1 Å². The van der Waals surface area contributed by atoms with Crippen LogP contribution >= 0.6 is 0 Å². The zero-order chi connectivity index (χ0) is 14.5. The summed E-state index contributed by atoms with van der Waals surface area (Å²) in [7, 11) is 0. The van der Waals surface area contributed by atoms with Crippen molar-refractivity contribution in [2.75, 3.05) is 0 Å². The molecule has 4 atom stereocenters. The second kappa shape index (κ2) is 4.66. The van der Waals surface area contributed by atoms with Crippen LogP contribution in [-0.4, -0.2) is 11.4 Å². The maximum Gasteiger partial charge on any atom is 0.136 e.